The van der Waals surface area contributed by atoms with Crippen LogP contribution in [0.2, 0.25) is 0 Å². The summed E-state index contributed by atoms with van der Waals surface area (Å²) in [5.41, 5.74) is 0. The van der Waals surface area contributed by atoms with E-state index in [1.807, 2.05) is 0 Å². The van der Waals surface area contributed by atoms with Crippen molar-refractivity contribution in [3.8, 4) is 0 Å². The lowest BCUT2D eigenvalue weighted by Gasteiger charge is -2.29. The fourth-order valence-corrected chi connectivity index (χ4v) is 3.57. The highest BCUT2D eigenvalue weighted by Crippen LogP contribution is 2.14. The van der Waals surface area contributed by atoms with Crippen molar-refractivity contribution < 1.29 is 4.74 Å². The minimum absolute atomic E-state index is 0.488. The van der Waals surface area contributed by atoms with Crippen LogP contribution in [0.1, 0.15) is 25.7 Å². The normalized spacial score (nSPS) is 30.7. The minimum Gasteiger partial charge on any atom is -0.377 e. The largest absolute Gasteiger partial charge is 0.377 e. The van der Waals surface area contributed by atoms with Gasteiger partial charge in [0.2, 0.25) is 0 Å². The van der Waals surface area contributed by atoms with Gasteiger partial charge in [-0.05, 0) is 39.3 Å². The smallest absolute Gasteiger partial charge is 0.0701 e. The van der Waals surface area contributed by atoms with E-state index in [9.17, 15) is 0 Å². The predicted octanol–water partition coefficient (Wildman–Crippen LogP) is 1.58. The summed E-state index contributed by atoms with van der Waals surface area (Å²) >= 11 is 2.08. The van der Waals surface area contributed by atoms with Gasteiger partial charge in [0.05, 0.1) is 6.10 Å². The first-order chi connectivity index (χ1) is 8.34. The van der Waals surface area contributed by atoms with Crippen molar-refractivity contribution in [2.24, 2.45) is 0 Å². The number of hydrogen-bond donors (Lipinski definition) is 1. The highest BCUT2D eigenvalue weighted by atomic mass is 32.2. The molecule has 1 N–H and O–H groups in total. The van der Waals surface area contributed by atoms with Crippen LogP contribution >= 0.6 is 11.8 Å². The topological polar surface area (TPSA) is 24.5 Å². The van der Waals surface area contributed by atoms with Crippen LogP contribution in [0.25, 0.3) is 0 Å². The molecular formula is C13H26N2OS. The van der Waals surface area contributed by atoms with Gasteiger partial charge < -0.3 is 15.0 Å². The molecule has 100 valence electrons. The van der Waals surface area contributed by atoms with E-state index in [1.165, 1.54) is 50.3 Å². The average molecular weight is 258 g/mol. The van der Waals surface area contributed by atoms with E-state index in [0.717, 1.165) is 19.2 Å². The lowest BCUT2D eigenvalue weighted by atomic mass is 10.1. The molecule has 2 saturated heterocycles. The Morgan fingerprint density at radius 3 is 3.06 bits per heavy atom. The zero-order valence-electron chi connectivity index (χ0n) is 11.0. The summed E-state index contributed by atoms with van der Waals surface area (Å²) in [7, 11) is 2.23. The van der Waals surface area contributed by atoms with Gasteiger partial charge in [-0.3, -0.25) is 0 Å². The Balaban J connectivity index is 1.57. The molecule has 3 nitrogen and oxygen atoms in total. The Bertz CT molecular complexity index is 204. The standard InChI is InChI=1S/C13H26N2OS/c1-15(10-13-4-2-3-8-16-13)7-5-12-11-17-9-6-14-12/h12-14H,2-11H2,1H3. The van der Waals surface area contributed by atoms with Crippen molar-refractivity contribution in [3.63, 3.8) is 0 Å². The van der Waals surface area contributed by atoms with E-state index < -0.39 is 0 Å². The first kappa shape index (κ1) is 13.7. The molecular weight excluding hydrogens is 232 g/mol. The van der Waals surface area contributed by atoms with Gasteiger partial charge in [0.25, 0.3) is 0 Å². The van der Waals surface area contributed by atoms with E-state index in [-0.39, 0.29) is 0 Å². The molecule has 0 aromatic rings. The number of nitrogens with one attached hydrogen (secondary N) is 1. The lowest BCUT2D eigenvalue weighted by molar-refractivity contribution is -0.00179. The highest BCUT2D eigenvalue weighted by Gasteiger charge is 2.17. The van der Waals surface area contributed by atoms with Gasteiger partial charge in [-0.2, -0.15) is 11.8 Å². The third-order valence-electron chi connectivity index (χ3n) is 3.65. The Hall–Kier alpha value is 0.230. The molecule has 0 amide bonds. The van der Waals surface area contributed by atoms with Crippen LogP contribution in [-0.2, 0) is 4.74 Å². The summed E-state index contributed by atoms with van der Waals surface area (Å²) in [6, 6.07) is 0.725. The molecule has 0 spiro atoms. The molecule has 0 aromatic carbocycles. The van der Waals surface area contributed by atoms with Crippen molar-refractivity contribution in [1.82, 2.24) is 10.2 Å². The molecule has 2 aliphatic rings. The number of hydrogen-bond acceptors (Lipinski definition) is 4. The van der Waals surface area contributed by atoms with Gasteiger partial charge in [-0.25, -0.2) is 0 Å². The van der Waals surface area contributed by atoms with Crippen LogP contribution in [0, 0.1) is 0 Å². The van der Waals surface area contributed by atoms with Gasteiger partial charge in [-0.15, -0.1) is 0 Å². The van der Waals surface area contributed by atoms with Gasteiger partial charge in [0, 0.05) is 37.2 Å². The highest BCUT2D eigenvalue weighted by molar-refractivity contribution is 7.99. The van der Waals surface area contributed by atoms with Crippen molar-refractivity contribution in [2.45, 2.75) is 37.8 Å². The van der Waals surface area contributed by atoms with E-state index in [2.05, 4.69) is 29.0 Å². The van der Waals surface area contributed by atoms with Crippen LogP contribution in [0.15, 0.2) is 0 Å². The maximum atomic E-state index is 5.78. The van der Waals surface area contributed by atoms with Crippen LogP contribution < -0.4 is 5.32 Å². The molecule has 2 heterocycles. The second-order valence-electron chi connectivity index (χ2n) is 5.27. The Labute approximate surface area is 110 Å². The number of nitrogens with zero attached hydrogens (tertiary/aromatic N) is 1. The van der Waals surface area contributed by atoms with E-state index in [0.29, 0.717) is 6.10 Å². The quantitative estimate of drug-likeness (QED) is 0.809. The minimum atomic E-state index is 0.488. The lowest BCUT2D eigenvalue weighted by Crippen LogP contribution is -2.41. The van der Waals surface area contributed by atoms with Gasteiger partial charge in [0.1, 0.15) is 0 Å². The summed E-state index contributed by atoms with van der Waals surface area (Å²) in [4.78, 5) is 2.44. The molecule has 0 saturated carbocycles. The molecule has 0 aromatic heterocycles. The van der Waals surface area contributed by atoms with Gasteiger partial charge in [-0.1, -0.05) is 0 Å². The second-order valence-corrected chi connectivity index (χ2v) is 6.42. The van der Waals surface area contributed by atoms with E-state index in [4.69, 9.17) is 4.74 Å². The van der Waals surface area contributed by atoms with Crippen LogP contribution in [0.3, 0.4) is 0 Å². The maximum Gasteiger partial charge on any atom is 0.0701 e. The second kappa shape index (κ2) is 7.62. The average Bonchev–Trinajstić information content (AvgIpc) is 2.39. The molecule has 2 unspecified atom stereocenters. The third kappa shape index (κ3) is 5.16. The Morgan fingerprint density at radius 2 is 2.35 bits per heavy atom. The number of likely N-dealkylation sites (N-methyl/N-ethyl adjacent to an activating group) is 1. The third-order valence-corrected chi connectivity index (χ3v) is 4.78. The van der Waals surface area contributed by atoms with Gasteiger partial charge in [0.15, 0.2) is 0 Å². The number of ether oxygens (including phenoxy) is 1. The number of thioether (sulfide) groups is 1. The van der Waals surface area contributed by atoms with Gasteiger partial charge >= 0.3 is 0 Å². The molecule has 2 atom stereocenters. The molecule has 4 heteroatoms. The van der Waals surface area contributed by atoms with Crippen LogP contribution in [-0.4, -0.2) is 61.8 Å². The summed E-state index contributed by atoms with van der Waals surface area (Å²) in [6.45, 7) is 4.46. The molecule has 2 aliphatic heterocycles. The first-order valence-corrected chi connectivity index (χ1v) is 8.11. The molecule has 17 heavy (non-hydrogen) atoms. The summed E-state index contributed by atoms with van der Waals surface area (Å²) in [6.07, 6.45) is 5.61. The SMILES string of the molecule is CN(CCC1CSCCN1)CC1CCCCO1. The molecule has 0 aliphatic carbocycles. The van der Waals surface area contributed by atoms with Crippen molar-refractivity contribution >= 4 is 11.8 Å². The first-order valence-electron chi connectivity index (χ1n) is 6.96. The van der Waals surface area contributed by atoms with E-state index >= 15 is 0 Å². The number of rotatable bonds is 5. The van der Waals surface area contributed by atoms with E-state index in [1.54, 1.807) is 0 Å². The molecule has 0 bridgehead atoms. The van der Waals surface area contributed by atoms with Crippen molar-refractivity contribution in [1.29, 1.82) is 0 Å². The molecule has 2 rings (SSSR count). The Kier molecular flexibility index (Phi) is 6.12. The summed E-state index contributed by atoms with van der Waals surface area (Å²) < 4.78 is 5.78. The van der Waals surface area contributed by atoms with Crippen molar-refractivity contribution in [2.75, 3.05) is 44.8 Å². The molecule has 0 radical (unpaired) electrons. The fraction of sp³-hybridized carbons (Fsp3) is 1.00. The Morgan fingerprint density at radius 1 is 1.41 bits per heavy atom. The van der Waals surface area contributed by atoms with Crippen molar-refractivity contribution in [3.05, 3.63) is 0 Å². The molecule has 2 fully saturated rings. The maximum absolute atomic E-state index is 5.78. The summed E-state index contributed by atoms with van der Waals surface area (Å²) in [5, 5.41) is 3.60. The summed E-state index contributed by atoms with van der Waals surface area (Å²) in [5.74, 6) is 2.57. The predicted molar refractivity (Wildman–Crippen MR) is 74.8 cm³/mol. The zero-order chi connectivity index (χ0) is 11.9. The van der Waals surface area contributed by atoms with Crippen LogP contribution in [0.5, 0.6) is 0 Å². The monoisotopic (exact) mass is 258 g/mol. The van der Waals surface area contributed by atoms with Crippen LogP contribution in [0.4, 0.5) is 0 Å². The zero-order valence-corrected chi connectivity index (χ0v) is 11.8. The fourth-order valence-electron chi connectivity index (χ4n) is 2.57.